The van der Waals surface area contributed by atoms with Crippen LogP contribution in [0.4, 0.5) is 0 Å². The van der Waals surface area contributed by atoms with E-state index in [9.17, 15) is 4.79 Å². The van der Waals surface area contributed by atoms with Gasteiger partial charge in [0, 0.05) is 19.4 Å². The molecule has 0 N–H and O–H groups in total. The highest BCUT2D eigenvalue weighted by Crippen LogP contribution is 2.08. The number of aromatic nitrogens is 1. The maximum absolute atomic E-state index is 12.1. The maximum Gasteiger partial charge on any atom is 0.234 e. The van der Waals surface area contributed by atoms with Crippen LogP contribution in [-0.2, 0) is 6.54 Å². The van der Waals surface area contributed by atoms with Crippen molar-refractivity contribution in [1.29, 1.82) is 0 Å². The van der Waals surface area contributed by atoms with Crippen LogP contribution >= 0.6 is 11.3 Å². The molecule has 0 aliphatic heterocycles. The van der Waals surface area contributed by atoms with Crippen molar-refractivity contribution in [2.45, 2.75) is 27.3 Å². The molecular formula is C14H16ClNO5S. The Hall–Kier alpha value is -1.35. The van der Waals surface area contributed by atoms with Gasteiger partial charge in [-0.3, -0.25) is 4.79 Å². The summed E-state index contributed by atoms with van der Waals surface area (Å²) in [6.07, 6.45) is 0. The lowest BCUT2D eigenvalue weighted by Gasteiger charge is -2.17. The quantitative estimate of drug-likeness (QED) is 0.475. The Morgan fingerprint density at radius 2 is 1.59 bits per heavy atom. The fraction of sp³-hybridized carbons (Fsp3) is 0.286. The van der Waals surface area contributed by atoms with E-state index in [-0.39, 0.29) is 5.78 Å². The number of ketones is 1. The molecule has 2 rings (SSSR count). The topological polar surface area (TPSA) is 113 Å². The van der Waals surface area contributed by atoms with Crippen LogP contribution in [0.25, 0.3) is 0 Å². The van der Waals surface area contributed by atoms with Crippen LogP contribution in [0.15, 0.2) is 29.6 Å². The minimum absolute atomic E-state index is 0.166. The largest absolute Gasteiger partial charge is 0.287 e. The smallest absolute Gasteiger partial charge is 0.234 e. The average Bonchev–Trinajstić information content (AvgIpc) is 2.69. The second kappa shape index (κ2) is 7.77. The Balaban J connectivity index is 0.000000422. The number of hydrogen-bond donors (Lipinski definition) is 0. The number of thiazole rings is 1. The highest BCUT2D eigenvalue weighted by atomic mass is 35.7. The standard InChI is InChI=1S/C14H16NOS.ClHO4/c1-10-4-6-13(7-5-10)14(16)8-15-11(2)9-17-12(15)3;2-1(3,4)5/h4-7,9H,8H2,1-3H3;(H,2,3,4,5)/q+1;/p-1. The third kappa shape index (κ3) is 6.61. The third-order valence-electron chi connectivity index (χ3n) is 2.88. The first-order chi connectivity index (χ1) is 10.1. The lowest BCUT2D eigenvalue weighted by Crippen LogP contribution is -2.68. The second-order valence-electron chi connectivity index (χ2n) is 4.65. The predicted molar refractivity (Wildman–Crippen MR) is 69.5 cm³/mol. The zero-order valence-corrected chi connectivity index (χ0v) is 13.9. The number of halogens is 1. The van der Waals surface area contributed by atoms with Crippen LogP contribution in [0, 0.1) is 31.0 Å². The van der Waals surface area contributed by atoms with Crippen LogP contribution in [0.2, 0.25) is 0 Å². The highest BCUT2D eigenvalue weighted by Gasteiger charge is 2.18. The van der Waals surface area contributed by atoms with Crippen molar-refractivity contribution >= 4 is 17.1 Å². The van der Waals surface area contributed by atoms with Crippen LogP contribution in [-0.4, -0.2) is 5.78 Å². The van der Waals surface area contributed by atoms with E-state index in [2.05, 4.69) is 9.95 Å². The molecule has 8 heteroatoms. The first kappa shape index (κ1) is 18.7. The SMILES string of the molecule is Cc1ccc(C(=O)C[n+]2c(C)csc2C)cc1.[O-][Cl+3]([O-])([O-])[O-]. The molecule has 0 amide bonds. The fourth-order valence-corrected chi connectivity index (χ4v) is 2.56. The van der Waals surface area contributed by atoms with Crippen molar-refractivity contribution in [3.05, 3.63) is 51.5 Å². The summed E-state index contributed by atoms with van der Waals surface area (Å²) in [5.74, 6) is 0.166. The molecule has 0 saturated heterocycles. The Morgan fingerprint density at radius 3 is 2.00 bits per heavy atom. The molecule has 1 aromatic carbocycles. The molecule has 0 aliphatic rings. The molecular weight excluding hydrogens is 330 g/mol. The van der Waals surface area contributed by atoms with Gasteiger partial charge in [0.05, 0.1) is 5.38 Å². The molecule has 0 aliphatic carbocycles. The van der Waals surface area contributed by atoms with E-state index in [1.807, 2.05) is 45.0 Å². The number of carbonyl (C=O) groups excluding carboxylic acids is 1. The van der Waals surface area contributed by atoms with Crippen molar-refractivity contribution in [2.24, 2.45) is 0 Å². The number of aryl methyl sites for hydroxylation is 3. The van der Waals surface area contributed by atoms with E-state index in [0.717, 1.165) is 11.3 Å². The van der Waals surface area contributed by atoms with Gasteiger partial charge < -0.3 is 0 Å². The minimum Gasteiger partial charge on any atom is -0.287 e. The first-order valence-electron chi connectivity index (χ1n) is 6.24. The molecule has 0 radical (unpaired) electrons. The summed E-state index contributed by atoms with van der Waals surface area (Å²) < 4.78 is 36.0. The van der Waals surface area contributed by atoms with Gasteiger partial charge in [-0.15, -0.1) is 10.2 Å². The molecule has 0 atom stereocenters. The zero-order valence-electron chi connectivity index (χ0n) is 12.4. The molecule has 0 fully saturated rings. The highest BCUT2D eigenvalue weighted by molar-refractivity contribution is 7.09. The van der Waals surface area contributed by atoms with E-state index in [0.29, 0.717) is 6.54 Å². The molecule has 120 valence electrons. The number of Topliss-reactive ketones (excluding diaryl/α,β-unsaturated/α-hetero) is 1. The summed E-state index contributed by atoms with van der Waals surface area (Å²) in [5, 5.41) is 3.25. The summed E-state index contributed by atoms with van der Waals surface area (Å²) >= 11 is 1.68. The van der Waals surface area contributed by atoms with Crippen molar-refractivity contribution in [2.75, 3.05) is 0 Å². The van der Waals surface area contributed by atoms with E-state index in [1.165, 1.54) is 10.6 Å². The van der Waals surface area contributed by atoms with Crippen LogP contribution in [0.5, 0.6) is 0 Å². The summed E-state index contributed by atoms with van der Waals surface area (Å²) in [5.41, 5.74) is 3.11. The lowest BCUT2D eigenvalue weighted by atomic mass is 10.1. The van der Waals surface area contributed by atoms with Crippen molar-refractivity contribution in [3.8, 4) is 0 Å². The van der Waals surface area contributed by atoms with Crippen LogP contribution in [0.1, 0.15) is 26.6 Å². The number of benzene rings is 1. The van der Waals surface area contributed by atoms with Gasteiger partial charge in [0.2, 0.25) is 17.3 Å². The summed E-state index contributed by atoms with van der Waals surface area (Å²) in [7, 11) is -4.94. The number of rotatable bonds is 3. The van der Waals surface area contributed by atoms with E-state index in [1.54, 1.807) is 11.3 Å². The average molecular weight is 346 g/mol. The van der Waals surface area contributed by atoms with Gasteiger partial charge in [-0.2, -0.15) is 4.57 Å². The lowest BCUT2D eigenvalue weighted by molar-refractivity contribution is -2.00. The molecule has 1 heterocycles. The Labute approximate surface area is 134 Å². The Bertz CT molecular complexity index is 608. The van der Waals surface area contributed by atoms with E-state index >= 15 is 0 Å². The van der Waals surface area contributed by atoms with Crippen molar-refractivity contribution in [1.82, 2.24) is 0 Å². The van der Waals surface area contributed by atoms with Gasteiger partial charge in [-0.05, 0) is 6.92 Å². The minimum atomic E-state index is -4.94. The fourth-order valence-electron chi connectivity index (χ4n) is 1.76. The zero-order chi connectivity index (χ0) is 16.9. The van der Waals surface area contributed by atoms with E-state index in [4.69, 9.17) is 18.6 Å². The van der Waals surface area contributed by atoms with Gasteiger partial charge in [0.15, 0.2) is 5.69 Å². The summed E-state index contributed by atoms with van der Waals surface area (Å²) in [6, 6.07) is 7.75. The van der Waals surface area contributed by atoms with E-state index < -0.39 is 10.2 Å². The van der Waals surface area contributed by atoms with Gasteiger partial charge in [-0.1, -0.05) is 41.2 Å². The molecule has 0 bridgehead atoms. The summed E-state index contributed by atoms with van der Waals surface area (Å²) in [4.78, 5) is 12.1. The number of nitrogens with zero attached hydrogens (tertiary/aromatic N) is 1. The molecule has 6 nitrogen and oxygen atoms in total. The van der Waals surface area contributed by atoms with Crippen molar-refractivity contribution in [3.63, 3.8) is 0 Å². The third-order valence-corrected chi connectivity index (χ3v) is 3.90. The summed E-state index contributed by atoms with van der Waals surface area (Å²) in [6.45, 7) is 6.53. The second-order valence-corrected chi connectivity index (χ2v) is 6.47. The molecule has 2 aromatic rings. The monoisotopic (exact) mass is 345 g/mol. The number of hydrogen-bond acceptors (Lipinski definition) is 6. The molecule has 0 unspecified atom stereocenters. The van der Waals surface area contributed by atoms with Gasteiger partial charge >= 0.3 is 0 Å². The van der Waals surface area contributed by atoms with Crippen LogP contribution < -0.4 is 23.2 Å². The normalized spacial score (nSPS) is 10.9. The number of carbonyl (C=O) groups is 1. The van der Waals surface area contributed by atoms with Gasteiger partial charge in [-0.25, -0.2) is 18.6 Å². The Kier molecular flexibility index (Phi) is 6.61. The molecule has 1 aromatic heterocycles. The van der Waals surface area contributed by atoms with Crippen molar-refractivity contribution < 1.29 is 38.2 Å². The van der Waals surface area contributed by atoms with Gasteiger partial charge in [0.1, 0.15) is 0 Å². The molecule has 0 spiro atoms. The Morgan fingerprint density at radius 1 is 1.09 bits per heavy atom. The molecule has 0 saturated carbocycles. The van der Waals surface area contributed by atoms with Crippen LogP contribution in [0.3, 0.4) is 0 Å². The predicted octanol–water partition coefficient (Wildman–Crippen LogP) is -1.91. The van der Waals surface area contributed by atoms with Gasteiger partial charge in [0.25, 0.3) is 0 Å². The maximum atomic E-state index is 12.1. The molecule has 22 heavy (non-hydrogen) atoms. The first-order valence-corrected chi connectivity index (χ1v) is 8.35.